The molecule has 1 aromatic carbocycles. The van der Waals surface area contributed by atoms with E-state index in [2.05, 4.69) is 0 Å². The number of alkyl halides is 2. The first-order valence-electron chi connectivity index (χ1n) is 6.70. The fourth-order valence-electron chi connectivity index (χ4n) is 2.17. The lowest BCUT2D eigenvalue weighted by Gasteiger charge is -2.39. The van der Waals surface area contributed by atoms with Gasteiger partial charge in [0, 0.05) is 0 Å². The van der Waals surface area contributed by atoms with Crippen molar-refractivity contribution in [2.45, 2.75) is 17.2 Å². The molecule has 114 valence electrons. The molecular formula is C16H13Cl2NO3. The predicted molar refractivity (Wildman–Crippen MR) is 83.8 cm³/mol. The topological polar surface area (TPSA) is 38.8 Å². The number of carbonyl (C=O) groups is 1. The quantitative estimate of drug-likeness (QED) is 0.792. The molecule has 1 amide bonds. The van der Waals surface area contributed by atoms with Gasteiger partial charge in [-0.1, -0.05) is 54.6 Å². The molecule has 0 spiro atoms. The van der Waals surface area contributed by atoms with Gasteiger partial charge in [0.15, 0.2) is 0 Å². The van der Waals surface area contributed by atoms with Gasteiger partial charge in [0.05, 0.1) is 0 Å². The third-order valence-corrected chi connectivity index (χ3v) is 3.71. The van der Waals surface area contributed by atoms with Crippen LogP contribution in [0.15, 0.2) is 66.5 Å². The molecule has 3 rings (SSSR count). The number of amides is 1. The zero-order chi connectivity index (χ0) is 15.6. The van der Waals surface area contributed by atoms with Crippen molar-refractivity contribution >= 4 is 29.1 Å². The van der Waals surface area contributed by atoms with Crippen LogP contribution in [-0.2, 0) is 21.0 Å². The van der Waals surface area contributed by atoms with Crippen molar-refractivity contribution in [3.63, 3.8) is 0 Å². The lowest BCUT2D eigenvalue weighted by molar-refractivity contribution is -0.219. The number of nitrogens with zero attached hydrogens (tertiary/aromatic N) is 1. The molecule has 1 aliphatic heterocycles. The van der Waals surface area contributed by atoms with Crippen LogP contribution in [0.25, 0.3) is 0 Å². The van der Waals surface area contributed by atoms with Gasteiger partial charge in [0.1, 0.15) is 18.4 Å². The molecule has 1 fully saturated rings. The van der Waals surface area contributed by atoms with E-state index in [0.717, 1.165) is 10.6 Å². The van der Waals surface area contributed by atoms with E-state index < -0.39 is 16.5 Å². The molecule has 2 aliphatic rings. The smallest absolute Gasteiger partial charge is 0.341 e. The summed E-state index contributed by atoms with van der Waals surface area (Å²) in [5.74, 6) is -0.205. The number of hydrogen-bond acceptors (Lipinski definition) is 3. The Hall–Kier alpha value is -1.75. The van der Waals surface area contributed by atoms with Crippen LogP contribution >= 0.6 is 23.2 Å². The molecule has 0 aromatic heterocycles. The minimum atomic E-state index is -1.99. The number of fused-ring (bicyclic) bond motifs is 1. The summed E-state index contributed by atoms with van der Waals surface area (Å²) in [5, 5.41) is 1.16. The van der Waals surface area contributed by atoms with Crippen LogP contribution in [0.2, 0.25) is 0 Å². The van der Waals surface area contributed by atoms with Crippen molar-refractivity contribution in [2.75, 3.05) is 0 Å². The maximum absolute atomic E-state index is 12.4. The fraction of sp³-hybridized carbons (Fsp3) is 0.188. The summed E-state index contributed by atoms with van der Waals surface area (Å²) < 4.78 is 3.38. The van der Waals surface area contributed by atoms with Gasteiger partial charge in [-0.25, -0.2) is 5.06 Å². The highest BCUT2D eigenvalue weighted by Crippen LogP contribution is 2.37. The third-order valence-electron chi connectivity index (χ3n) is 3.23. The van der Waals surface area contributed by atoms with Gasteiger partial charge in [-0.3, -0.25) is 9.63 Å². The zero-order valence-electron chi connectivity index (χ0n) is 11.5. The van der Waals surface area contributed by atoms with Crippen molar-refractivity contribution < 1.29 is 14.4 Å². The fourth-order valence-corrected chi connectivity index (χ4v) is 2.51. The molecule has 1 heterocycles. The highest BCUT2D eigenvalue weighted by atomic mass is 35.5. The molecule has 0 radical (unpaired) electrons. The SMILES string of the molecule is O=C1N(OCc2ccccc2)C2C=CC=CC=C2OC1(Cl)Cl. The molecule has 0 bridgehead atoms. The first-order chi connectivity index (χ1) is 10.6. The highest BCUT2D eigenvalue weighted by molar-refractivity contribution is 6.56. The maximum Gasteiger partial charge on any atom is 0.341 e. The molecule has 0 saturated carbocycles. The Labute approximate surface area is 138 Å². The molecule has 4 nitrogen and oxygen atoms in total. The highest BCUT2D eigenvalue weighted by Gasteiger charge is 2.50. The Morgan fingerprint density at radius 2 is 1.95 bits per heavy atom. The second-order valence-corrected chi connectivity index (χ2v) is 6.05. The molecule has 1 aromatic rings. The minimum absolute atomic E-state index is 0.224. The van der Waals surface area contributed by atoms with Gasteiger partial charge in [0.25, 0.3) is 0 Å². The van der Waals surface area contributed by atoms with E-state index in [4.69, 9.17) is 32.8 Å². The first kappa shape index (κ1) is 15.2. The van der Waals surface area contributed by atoms with Gasteiger partial charge in [-0.15, -0.1) is 0 Å². The number of allylic oxidation sites excluding steroid dienone is 4. The number of ether oxygens (including phenoxy) is 1. The molecule has 1 saturated heterocycles. The molecule has 1 aliphatic carbocycles. The van der Waals surface area contributed by atoms with Crippen molar-refractivity contribution in [1.82, 2.24) is 5.06 Å². The minimum Gasteiger partial charge on any atom is -0.452 e. The second kappa shape index (κ2) is 6.16. The van der Waals surface area contributed by atoms with Crippen molar-refractivity contribution in [1.29, 1.82) is 0 Å². The number of hydrogen-bond donors (Lipinski definition) is 0. The van der Waals surface area contributed by atoms with Crippen molar-refractivity contribution in [3.8, 4) is 0 Å². The summed E-state index contributed by atoms with van der Waals surface area (Å²) in [6.45, 7) is 0.224. The van der Waals surface area contributed by atoms with Crippen LogP contribution < -0.4 is 0 Å². The normalized spacial score (nSPS) is 22.6. The number of hydroxylamine groups is 2. The van der Waals surface area contributed by atoms with Crippen LogP contribution in [0, 0.1) is 0 Å². The van der Waals surface area contributed by atoms with Crippen molar-refractivity contribution in [2.24, 2.45) is 0 Å². The molecule has 1 atom stereocenters. The van der Waals surface area contributed by atoms with Gasteiger partial charge >= 0.3 is 10.4 Å². The van der Waals surface area contributed by atoms with E-state index >= 15 is 0 Å². The summed E-state index contributed by atoms with van der Waals surface area (Å²) in [4.78, 5) is 18.0. The van der Waals surface area contributed by atoms with E-state index in [1.54, 1.807) is 24.3 Å². The summed E-state index contributed by atoms with van der Waals surface area (Å²) in [5.41, 5.74) is 0.929. The van der Waals surface area contributed by atoms with Crippen LogP contribution in [-0.4, -0.2) is 21.5 Å². The summed E-state index contributed by atoms with van der Waals surface area (Å²) >= 11 is 11.9. The predicted octanol–water partition coefficient (Wildman–Crippen LogP) is 3.49. The van der Waals surface area contributed by atoms with Gasteiger partial charge in [-0.05, 0) is 34.8 Å². The third kappa shape index (κ3) is 3.04. The second-order valence-electron chi connectivity index (χ2n) is 4.79. The summed E-state index contributed by atoms with van der Waals surface area (Å²) in [7, 11) is 0. The van der Waals surface area contributed by atoms with E-state index in [0.29, 0.717) is 5.76 Å². The molecule has 22 heavy (non-hydrogen) atoms. The monoisotopic (exact) mass is 337 g/mol. The maximum atomic E-state index is 12.4. The largest absolute Gasteiger partial charge is 0.452 e. The van der Waals surface area contributed by atoms with Crippen LogP contribution in [0.3, 0.4) is 0 Å². The van der Waals surface area contributed by atoms with Crippen molar-refractivity contribution in [3.05, 3.63) is 72.0 Å². The summed E-state index contributed by atoms with van der Waals surface area (Å²) in [6.07, 6.45) is 8.88. The number of rotatable bonds is 3. The van der Waals surface area contributed by atoms with Crippen LogP contribution in [0.1, 0.15) is 5.56 Å². The van der Waals surface area contributed by atoms with E-state index in [9.17, 15) is 4.79 Å². The number of morpholine rings is 1. The van der Waals surface area contributed by atoms with E-state index in [1.807, 2.05) is 36.4 Å². The molecule has 0 N–H and O–H groups in total. The molecule has 1 unspecified atom stereocenters. The molecule has 6 heteroatoms. The average molecular weight is 338 g/mol. The van der Waals surface area contributed by atoms with E-state index in [-0.39, 0.29) is 6.61 Å². The standard InChI is InChI=1S/C16H13Cl2NO3/c17-16(18)15(20)19(21-11-12-7-3-1-4-8-12)13-9-5-2-6-10-14(13)22-16/h1-10,13H,11H2. The number of carbonyl (C=O) groups excluding carboxylic acids is 1. The Morgan fingerprint density at radius 3 is 2.73 bits per heavy atom. The van der Waals surface area contributed by atoms with Gasteiger partial charge < -0.3 is 4.74 Å². The zero-order valence-corrected chi connectivity index (χ0v) is 13.0. The average Bonchev–Trinajstić information content (AvgIpc) is 2.73. The summed E-state index contributed by atoms with van der Waals surface area (Å²) in [6, 6.07) is 9.01. The number of halogens is 2. The Kier molecular flexibility index (Phi) is 4.25. The Balaban J connectivity index is 1.84. The number of benzene rings is 1. The lowest BCUT2D eigenvalue weighted by Crippen LogP contribution is -2.54. The Morgan fingerprint density at radius 1 is 1.18 bits per heavy atom. The Bertz CT molecular complexity index is 653. The first-order valence-corrected chi connectivity index (χ1v) is 7.46. The molecular weight excluding hydrogens is 325 g/mol. The van der Waals surface area contributed by atoms with Gasteiger partial charge in [-0.2, -0.15) is 0 Å². The van der Waals surface area contributed by atoms with E-state index in [1.165, 1.54) is 0 Å². The van der Waals surface area contributed by atoms with Gasteiger partial charge in [0.2, 0.25) is 0 Å². The van der Waals surface area contributed by atoms with Crippen LogP contribution in [0.5, 0.6) is 0 Å². The van der Waals surface area contributed by atoms with Crippen LogP contribution in [0.4, 0.5) is 0 Å². The lowest BCUT2D eigenvalue weighted by atomic mass is 10.2.